The Morgan fingerprint density at radius 2 is 2.00 bits per heavy atom. The van der Waals surface area contributed by atoms with E-state index in [2.05, 4.69) is 54.1 Å². The highest BCUT2D eigenvalue weighted by molar-refractivity contribution is 9.10. The van der Waals surface area contributed by atoms with E-state index >= 15 is 0 Å². The topological polar surface area (TPSA) is 15.3 Å². The molecule has 0 aliphatic carbocycles. The lowest BCUT2D eigenvalue weighted by Gasteiger charge is -2.40. The third-order valence-electron chi connectivity index (χ3n) is 3.81. The van der Waals surface area contributed by atoms with Crippen molar-refractivity contribution in [2.75, 3.05) is 21.1 Å². The molecule has 0 saturated carbocycles. The first-order chi connectivity index (χ1) is 8.30. The Kier molecular flexibility index (Phi) is 5.32. The van der Waals surface area contributed by atoms with Gasteiger partial charge in [-0.1, -0.05) is 12.1 Å². The minimum Gasteiger partial charge on any atom is -0.315 e. The maximum absolute atomic E-state index is 13.5. The van der Waals surface area contributed by atoms with Crippen molar-refractivity contribution >= 4 is 15.9 Å². The quantitative estimate of drug-likeness (QED) is 0.898. The van der Waals surface area contributed by atoms with Crippen LogP contribution < -0.4 is 5.32 Å². The summed E-state index contributed by atoms with van der Waals surface area (Å²) in [7, 11) is 6.07. The first-order valence-electron chi connectivity index (χ1n) is 6.08. The number of benzene rings is 1. The number of nitrogens with one attached hydrogen (secondary N) is 1. The molecule has 1 atom stereocenters. The van der Waals surface area contributed by atoms with Crippen molar-refractivity contribution in [3.8, 4) is 0 Å². The first kappa shape index (κ1) is 15.6. The second-order valence-corrected chi connectivity index (χ2v) is 6.10. The van der Waals surface area contributed by atoms with Gasteiger partial charge in [0.05, 0.1) is 4.47 Å². The second kappa shape index (κ2) is 6.13. The van der Waals surface area contributed by atoms with E-state index in [9.17, 15) is 4.39 Å². The van der Waals surface area contributed by atoms with Crippen LogP contribution >= 0.6 is 15.9 Å². The van der Waals surface area contributed by atoms with Gasteiger partial charge in [-0.2, -0.15) is 0 Å². The summed E-state index contributed by atoms with van der Waals surface area (Å²) >= 11 is 3.33. The molecule has 0 aliphatic heterocycles. The Labute approximate surface area is 118 Å². The lowest BCUT2D eigenvalue weighted by atomic mass is 9.88. The van der Waals surface area contributed by atoms with Crippen molar-refractivity contribution in [2.24, 2.45) is 0 Å². The summed E-state index contributed by atoms with van der Waals surface area (Å²) in [6, 6.07) is 5.43. The summed E-state index contributed by atoms with van der Waals surface area (Å²) in [5.41, 5.74) is 0.977. The van der Waals surface area contributed by atoms with Gasteiger partial charge in [0.25, 0.3) is 0 Å². The highest BCUT2D eigenvalue weighted by Gasteiger charge is 2.31. The highest BCUT2D eigenvalue weighted by atomic mass is 79.9. The standard InChI is InChI=1S/C14H22BrFN2/c1-14(2,18(4)5)12(17-3)9-10-7-6-8-11(16)13(10)15/h6-8,12,17H,9H2,1-5H3. The molecule has 1 N–H and O–H groups in total. The molecule has 1 aromatic carbocycles. The van der Waals surface area contributed by atoms with Gasteiger partial charge in [0.1, 0.15) is 5.82 Å². The van der Waals surface area contributed by atoms with E-state index in [0.717, 1.165) is 12.0 Å². The molecule has 0 fully saturated rings. The minimum atomic E-state index is -0.204. The molecule has 102 valence electrons. The predicted octanol–water partition coefficient (Wildman–Crippen LogP) is 3.06. The number of rotatable bonds is 5. The zero-order chi connectivity index (χ0) is 13.9. The summed E-state index contributed by atoms with van der Waals surface area (Å²) < 4.78 is 14.1. The molecule has 1 aromatic rings. The summed E-state index contributed by atoms with van der Waals surface area (Å²) in [6.07, 6.45) is 0.778. The van der Waals surface area contributed by atoms with Gasteiger partial charge in [-0.05, 0) is 69.0 Å². The third kappa shape index (κ3) is 3.31. The van der Waals surface area contributed by atoms with Crippen molar-refractivity contribution in [3.63, 3.8) is 0 Å². The minimum absolute atomic E-state index is 0.0134. The Bertz CT molecular complexity index is 405. The van der Waals surface area contributed by atoms with Gasteiger partial charge >= 0.3 is 0 Å². The van der Waals surface area contributed by atoms with Crippen molar-refractivity contribution in [2.45, 2.75) is 31.8 Å². The fourth-order valence-corrected chi connectivity index (χ4v) is 2.37. The fourth-order valence-electron chi connectivity index (χ4n) is 1.94. The van der Waals surface area contributed by atoms with Crippen LogP contribution in [0.1, 0.15) is 19.4 Å². The molecular formula is C14H22BrFN2. The molecule has 0 bridgehead atoms. The van der Waals surface area contributed by atoms with Crippen LogP contribution in [0.4, 0.5) is 4.39 Å². The number of likely N-dealkylation sites (N-methyl/N-ethyl adjacent to an activating group) is 2. The SMILES string of the molecule is CNC(Cc1cccc(F)c1Br)C(C)(C)N(C)C. The molecule has 2 nitrogen and oxygen atoms in total. The summed E-state index contributed by atoms with van der Waals surface area (Å²) in [6.45, 7) is 4.36. The second-order valence-electron chi connectivity index (χ2n) is 5.31. The lowest BCUT2D eigenvalue weighted by Crippen LogP contribution is -2.55. The molecule has 1 unspecified atom stereocenters. The molecule has 0 spiro atoms. The molecule has 0 saturated heterocycles. The van der Waals surface area contributed by atoms with Gasteiger partial charge in [0.15, 0.2) is 0 Å². The van der Waals surface area contributed by atoms with Gasteiger partial charge < -0.3 is 10.2 Å². The third-order valence-corrected chi connectivity index (χ3v) is 4.70. The van der Waals surface area contributed by atoms with Crippen LogP contribution in [-0.4, -0.2) is 37.6 Å². The molecule has 4 heteroatoms. The Morgan fingerprint density at radius 1 is 1.39 bits per heavy atom. The molecular weight excluding hydrogens is 295 g/mol. The number of hydrogen-bond acceptors (Lipinski definition) is 2. The summed E-state index contributed by atoms with van der Waals surface area (Å²) in [5.74, 6) is -0.204. The van der Waals surface area contributed by atoms with Crippen molar-refractivity contribution in [1.29, 1.82) is 0 Å². The molecule has 0 amide bonds. The zero-order valence-corrected chi connectivity index (χ0v) is 13.3. The van der Waals surface area contributed by atoms with Crippen LogP contribution in [0.25, 0.3) is 0 Å². The van der Waals surface area contributed by atoms with Gasteiger partial charge in [0.2, 0.25) is 0 Å². The Hall–Kier alpha value is -0.450. The Morgan fingerprint density at radius 3 is 2.50 bits per heavy atom. The van der Waals surface area contributed by atoms with Crippen molar-refractivity contribution in [1.82, 2.24) is 10.2 Å². The van der Waals surface area contributed by atoms with Crippen LogP contribution in [0, 0.1) is 5.82 Å². The smallest absolute Gasteiger partial charge is 0.137 e. The van der Waals surface area contributed by atoms with Crippen LogP contribution in [0.5, 0.6) is 0 Å². The van der Waals surface area contributed by atoms with Crippen LogP contribution in [-0.2, 0) is 6.42 Å². The van der Waals surface area contributed by atoms with E-state index in [1.807, 2.05) is 13.1 Å². The van der Waals surface area contributed by atoms with Crippen LogP contribution in [0.15, 0.2) is 22.7 Å². The highest BCUT2D eigenvalue weighted by Crippen LogP contribution is 2.25. The lowest BCUT2D eigenvalue weighted by molar-refractivity contribution is 0.141. The van der Waals surface area contributed by atoms with E-state index in [1.54, 1.807) is 6.07 Å². The number of hydrogen-bond donors (Lipinski definition) is 1. The monoisotopic (exact) mass is 316 g/mol. The fraction of sp³-hybridized carbons (Fsp3) is 0.571. The van der Waals surface area contributed by atoms with E-state index in [-0.39, 0.29) is 17.4 Å². The van der Waals surface area contributed by atoms with Crippen molar-refractivity contribution < 1.29 is 4.39 Å². The maximum Gasteiger partial charge on any atom is 0.137 e. The van der Waals surface area contributed by atoms with Crippen LogP contribution in [0.2, 0.25) is 0 Å². The predicted molar refractivity (Wildman–Crippen MR) is 78.4 cm³/mol. The number of halogens is 2. The summed E-state index contributed by atoms with van der Waals surface area (Å²) in [5, 5.41) is 3.33. The van der Waals surface area contributed by atoms with Crippen LogP contribution in [0.3, 0.4) is 0 Å². The van der Waals surface area contributed by atoms with Gasteiger partial charge in [-0.3, -0.25) is 0 Å². The molecule has 1 rings (SSSR count). The van der Waals surface area contributed by atoms with Gasteiger partial charge in [-0.15, -0.1) is 0 Å². The van der Waals surface area contributed by atoms with E-state index in [1.165, 1.54) is 6.07 Å². The molecule has 0 heterocycles. The zero-order valence-electron chi connectivity index (χ0n) is 11.7. The van der Waals surface area contributed by atoms with Crippen molar-refractivity contribution in [3.05, 3.63) is 34.1 Å². The molecule has 0 aromatic heterocycles. The molecule has 0 aliphatic rings. The maximum atomic E-state index is 13.5. The molecule has 18 heavy (non-hydrogen) atoms. The van der Waals surface area contributed by atoms with E-state index < -0.39 is 0 Å². The molecule has 0 radical (unpaired) electrons. The number of nitrogens with zero attached hydrogens (tertiary/aromatic N) is 1. The first-order valence-corrected chi connectivity index (χ1v) is 6.87. The van der Waals surface area contributed by atoms with E-state index in [0.29, 0.717) is 4.47 Å². The van der Waals surface area contributed by atoms with E-state index in [4.69, 9.17) is 0 Å². The average molecular weight is 317 g/mol. The summed E-state index contributed by atoms with van der Waals surface area (Å²) in [4.78, 5) is 2.18. The largest absolute Gasteiger partial charge is 0.315 e. The average Bonchev–Trinajstić information content (AvgIpc) is 2.30. The van der Waals surface area contributed by atoms with Gasteiger partial charge in [0, 0.05) is 11.6 Å². The Balaban J connectivity index is 2.97. The normalized spacial score (nSPS) is 14.0. The van der Waals surface area contributed by atoms with Gasteiger partial charge in [-0.25, -0.2) is 4.39 Å².